The number of amides is 1. The molecule has 1 N–H and O–H groups in total. The van der Waals surface area contributed by atoms with E-state index in [0.29, 0.717) is 11.0 Å². The normalized spacial score (nSPS) is 16.0. The molecule has 2 aromatic heterocycles. The van der Waals surface area contributed by atoms with Gasteiger partial charge in [0.25, 0.3) is 0 Å². The van der Waals surface area contributed by atoms with Gasteiger partial charge in [0.15, 0.2) is 5.13 Å². The number of benzene rings is 2. The summed E-state index contributed by atoms with van der Waals surface area (Å²) >= 11 is 1.44. The Kier molecular flexibility index (Phi) is 6.21. The Morgan fingerprint density at radius 2 is 1.91 bits per heavy atom. The van der Waals surface area contributed by atoms with Crippen LogP contribution >= 0.6 is 11.3 Å². The summed E-state index contributed by atoms with van der Waals surface area (Å²) in [5, 5.41) is 11.1. The van der Waals surface area contributed by atoms with E-state index in [-0.39, 0.29) is 17.6 Å². The van der Waals surface area contributed by atoms with Gasteiger partial charge in [-0.25, -0.2) is 14.1 Å². The Morgan fingerprint density at radius 1 is 1.15 bits per heavy atom. The fourth-order valence-corrected chi connectivity index (χ4v) is 5.99. The number of carbonyl (C=O) groups is 1. The lowest BCUT2D eigenvalue weighted by Crippen LogP contribution is -2.40. The van der Waals surface area contributed by atoms with Crippen molar-refractivity contribution >= 4 is 33.3 Å². The largest absolute Gasteiger partial charge is 0.301 e. The van der Waals surface area contributed by atoms with Crippen LogP contribution < -0.4 is 5.32 Å². The summed E-state index contributed by atoms with van der Waals surface area (Å²) in [6, 6.07) is 12.7. The van der Waals surface area contributed by atoms with E-state index in [1.807, 2.05) is 16.3 Å². The van der Waals surface area contributed by atoms with Crippen LogP contribution in [-0.2, 0) is 4.79 Å². The molecule has 5 rings (SSSR count). The molecule has 0 bridgehead atoms. The number of rotatable bonds is 6. The molecule has 7 heteroatoms. The van der Waals surface area contributed by atoms with Crippen molar-refractivity contribution in [2.24, 2.45) is 11.3 Å². The highest BCUT2D eigenvalue weighted by Crippen LogP contribution is 2.47. The van der Waals surface area contributed by atoms with Crippen molar-refractivity contribution in [3.05, 3.63) is 71.6 Å². The SMILES string of the molecule is CC(C)(C(=O)Nc1nccs1)C(c1ccc2c(cnn2-c2ccc(F)cc2)c1)C1CCCCC1. The molecule has 1 aliphatic carbocycles. The van der Waals surface area contributed by atoms with Crippen molar-refractivity contribution in [3.63, 3.8) is 0 Å². The molecule has 1 saturated carbocycles. The molecule has 176 valence electrons. The number of hydrogen-bond acceptors (Lipinski definition) is 4. The van der Waals surface area contributed by atoms with Gasteiger partial charge >= 0.3 is 0 Å². The third-order valence-electron chi connectivity index (χ3n) is 7.16. The van der Waals surface area contributed by atoms with Crippen molar-refractivity contribution in [3.8, 4) is 5.69 Å². The van der Waals surface area contributed by atoms with Crippen LogP contribution in [0.3, 0.4) is 0 Å². The van der Waals surface area contributed by atoms with Crippen molar-refractivity contribution in [1.82, 2.24) is 14.8 Å². The molecular weight excluding hydrogens is 447 g/mol. The molecule has 0 aliphatic heterocycles. The van der Waals surface area contributed by atoms with Crippen molar-refractivity contribution < 1.29 is 9.18 Å². The summed E-state index contributed by atoms with van der Waals surface area (Å²) in [4.78, 5) is 17.7. The minimum absolute atomic E-state index is 0.000118. The van der Waals surface area contributed by atoms with Crippen LogP contribution in [-0.4, -0.2) is 20.7 Å². The summed E-state index contributed by atoms with van der Waals surface area (Å²) in [7, 11) is 0. The number of halogens is 1. The fourth-order valence-electron chi connectivity index (χ4n) is 5.46. The van der Waals surface area contributed by atoms with E-state index in [1.54, 1.807) is 18.3 Å². The zero-order valence-electron chi connectivity index (χ0n) is 19.5. The predicted molar refractivity (Wildman–Crippen MR) is 135 cm³/mol. The number of fused-ring (bicyclic) bond motifs is 1. The van der Waals surface area contributed by atoms with E-state index in [4.69, 9.17) is 0 Å². The van der Waals surface area contributed by atoms with Gasteiger partial charge in [-0.15, -0.1) is 11.3 Å². The minimum Gasteiger partial charge on any atom is -0.301 e. The molecule has 1 unspecified atom stereocenters. The summed E-state index contributed by atoms with van der Waals surface area (Å²) in [6.07, 6.45) is 9.49. The second-order valence-electron chi connectivity index (χ2n) is 9.74. The van der Waals surface area contributed by atoms with E-state index in [1.165, 1.54) is 42.7 Å². The first-order chi connectivity index (χ1) is 16.4. The first-order valence-corrected chi connectivity index (χ1v) is 12.8. The first kappa shape index (κ1) is 22.7. The monoisotopic (exact) mass is 476 g/mol. The highest BCUT2D eigenvalue weighted by atomic mass is 32.1. The molecule has 4 aromatic rings. The van der Waals surface area contributed by atoms with Gasteiger partial charge in [-0.2, -0.15) is 5.10 Å². The molecule has 2 aromatic carbocycles. The molecule has 0 saturated heterocycles. The quantitative estimate of drug-likeness (QED) is 0.328. The Balaban J connectivity index is 1.52. The van der Waals surface area contributed by atoms with E-state index in [2.05, 4.69) is 47.4 Å². The third-order valence-corrected chi connectivity index (χ3v) is 7.85. The van der Waals surface area contributed by atoms with Gasteiger partial charge in [-0.3, -0.25) is 4.79 Å². The summed E-state index contributed by atoms with van der Waals surface area (Å²) < 4.78 is 15.2. The maximum absolute atomic E-state index is 13.5. The number of anilines is 1. The Hall–Kier alpha value is -3.06. The number of aromatic nitrogens is 3. The predicted octanol–water partition coefficient (Wildman–Crippen LogP) is 6.95. The van der Waals surface area contributed by atoms with Gasteiger partial charge in [0, 0.05) is 22.9 Å². The average molecular weight is 477 g/mol. The van der Waals surface area contributed by atoms with Gasteiger partial charge in [-0.05, 0) is 60.7 Å². The summed E-state index contributed by atoms with van der Waals surface area (Å²) in [5.41, 5.74) is 2.32. The highest BCUT2D eigenvalue weighted by Gasteiger charge is 2.42. The minimum atomic E-state index is -0.617. The molecule has 1 aliphatic rings. The number of thiazole rings is 1. The lowest BCUT2D eigenvalue weighted by molar-refractivity contribution is -0.126. The molecule has 5 nitrogen and oxygen atoms in total. The third kappa shape index (κ3) is 4.37. The molecule has 1 atom stereocenters. The second kappa shape index (κ2) is 9.29. The molecule has 1 amide bonds. The summed E-state index contributed by atoms with van der Waals surface area (Å²) in [5.74, 6) is 0.248. The number of carbonyl (C=O) groups excluding carboxylic acids is 1. The Labute approximate surface area is 203 Å². The van der Waals surface area contributed by atoms with Crippen LogP contribution in [0.5, 0.6) is 0 Å². The number of nitrogens with one attached hydrogen (secondary N) is 1. The molecular formula is C27H29FN4OS. The topological polar surface area (TPSA) is 59.8 Å². The Bertz CT molecular complexity index is 1270. The molecule has 2 heterocycles. The van der Waals surface area contributed by atoms with Gasteiger partial charge < -0.3 is 5.32 Å². The molecule has 1 fully saturated rings. The van der Waals surface area contributed by atoms with Gasteiger partial charge in [0.1, 0.15) is 5.82 Å². The molecule has 0 radical (unpaired) electrons. The highest BCUT2D eigenvalue weighted by molar-refractivity contribution is 7.13. The lowest BCUT2D eigenvalue weighted by atomic mass is 9.64. The Morgan fingerprint density at radius 3 is 2.62 bits per heavy atom. The average Bonchev–Trinajstić information content (AvgIpc) is 3.50. The van der Waals surface area contributed by atoms with Crippen LogP contribution in [0.15, 0.2) is 60.2 Å². The van der Waals surface area contributed by atoms with Crippen LogP contribution in [0.25, 0.3) is 16.6 Å². The lowest BCUT2D eigenvalue weighted by Gasteiger charge is -2.40. The molecule has 34 heavy (non-hydrogen) atoms. The van der Waals surface area contributed by atoms with Crippen LogP contribution in [0.2, 0.25) is 0 Å². The van der Waals surface area contributed by atoms with Crippen molar-refractivity contribution in [2.75, 3.05) is 5.32 Å². The standard InChI is InChI=1S/C27H29FN4OS/c1-27(2,25(33)31-26-29-14-15-34-26)24(18-6-4-3-5-7-18)19-8-13-23-20(16-19)17-30-32(23)22-11-9-21(28)10-12-22/h8-18,24H,3-7H2,1-2H3,(H,29,31,33). The second-order valence-corrected chi connectivity index (χ2v) is 10.6. The van der Waals surface area contributed by atoms with Crippen LogP contribution in [0.4, 0.5) is 9.52 Å². The van der Waals surface area contributed by atoms with E-state index in [9.17, 15) is 9.18 Å². The number of hydrogen-bond donors (Lipinski definition) is 1. The number of nitrogens with zero attached hydrogens (tertiary/aromatic N) is 3. The van der Waals surface area contributed by atoms with E-state index in [0.717, 1.165) is 35.0 Å². The zero-order valence-corrected chi connectivity index (χ0v) is 20.3. The van der Waals surface area contributed by atoms with E-state index >= 15 is 0 Å². The van der Waals surface area contributed by atoms with Gasteiger partial charge in [0.05, 0.1) is 22.8 Å². The van der Waals surface area contributed by atoms with Gasteiger partial charge in [-0.1, -0.05) is 39.2 Å². The van der Waals surface area contributed by atoms with Crippen LogP contribution in [0, 0.1) is 17.2 Å². The zero-order chi connectivity index (χ0) is 23.7. The maximum Gasteiger partial charge on any atom is 0.232 e. The van der Waals surface area contributed by atoms with E-state index < -0.39 is 5.41 Å². The summed E-state index contributed by atoms with van der Waals surface area (Å²) in [6.45, 7) is 4.11. The van der Waals surface area contributed by atoms with Gasteiger partial charge in [0.2, 0.25) is 5.91 Å². The van der Waals surface area contributed by atoms with Crippen molar-refractivity contribution in [2.45, 2.75) is 51.9 Å². The molecule has 0 spiro atoms. The smallest absolute Gasteiger partial charge is 0.232 e. The van der Waals surface area contributed by atoms with Crippen molar-refractivity contribution in [1.29, 1.82) is 0 Å². The fraction of sp³-hybridized carbons (Fsp3) is 0.370. The van der Waals surface area contributed by atoms with Crippen LogP contribution in [0.1, 0.15) is 57.4 Å². The maximum atomic E-state index is 13.5. The first-order valence-electron chi connectivity index (χ1n) is 11.9.